The van der Waals surface area contributed by atoms with Crippen molar-refractivity contribution in [2.75, 3.05) is 19.6 Å². The molecule has 0 bridgehead atoms. The lowest BCUT2D eigenvalue weighted by Gasteiger charge is -2.25. The second kappa shape index (κ2) is 9.18. The van der Waals surface area contributed by atoms with Gasteiger partial charge in [0.1, 0.15) is 0 Å². The molecule has 0 heterocycles. The zero-order chi connectivity index (χ0) is 18.3. The molecule has 0 spiro atoms. The van der Waals surface area contributed by atoms with Crippen LogP contribution in [0.15, 0.2) is 28.7 Å². The maximum atomic E-state index is 12.2. The van der Waals surface area contributed by atoms with Gasteiger partial charge in [0.2, 0.25) is 11.8 Å². The third-order valence-corrected chi connectivity index (χ3v) is 3.97. The number of carbonyl (C=O) groups is 2. The number of nitrogens with zero attached hydrogens (tertiary/aromatic N) is 1. The number of nitrogens with one attached hydrogen (secondary N) is 2. The largest absolute Gasteiger partial charge is 0.350 e. The highest BCUT2D eigenvalue weighted by Gasteiger charge is 2.18. The van der Waals surface area contributed by atoms with Crippen molar-refractivity contribution in [3.05, 3.63) is 34.3 Å². The summed E-state index contributed by atoms with van der Waals surface area (Å²) >= 11 is 3.40. The van der Waals surface area contributed by atoms with E-state index in [1.54, 1.807) is 0 Å². The zero-order valence-electron chi connectivity index (χ0n) is 15.1. The molecule has 2 N–H and O–H groups in total. The molecule has 1 aromatic rings. The average molecular weight is 398 g/mol. The SMILES string of the molecule is CCN(CC(=O)NC(C)c1ccc(Br)cc1)CC(=O)NC(C)(C)C. The molecule has 1 atom stereocenters. The topological polar surface area (TPSA) is 61.4 Å². The van der Waals surface area contributed by atoms with E-state index in [2.05, 4.69) is 26.6 Å². The average Bonchev–Trinajstić information content (AvgIpc) is 2.44. The Bertz CT molecular complexity index is 552. The van der Waals surface area contributed by atoms with Gasteiger partial charge in [0.25, 0.3) is 0 Å². The third kappa shape index (κ3) is 7.93. The van der Waals surface area contributed by atoms with Crippen molar-refractivity contribution in [3.8, 4) is 0 Å². The number of rotatable bonds is 7. The predicted molar refractivity (Wildman–Crippen MR) is 101 cm³/mol. The lowest BCUT2D eigenvalue weighted by molar-refractivity contribution is -0.126. The van der Waals surface area contributed by atoms with Gasteiger partial charge in [0.15, 0.2) is 0 Å². The van der Waals surface area contributed by atoms with Crippen LogP contribution in [0.25, 0.3) is 0 Å². The number of benzene rings is 1. The summed E-state index contributed by atoms with van der Waals surface area (Å²) in [5.74, 6) is -0.158. The standard InChI is InChI=1S/C18H28BrN3O2/c1-6-22(12-17(24)21-18(3,4)5)11-16(23)20-13(2)14-7-9-15(19)10-8-14/h7-10,13H,6,11-12H2,1-5H3,(H,20,23)(H,21,24). The number of amides is 2. The van der Waals surface area contributed by atoms with E-state index < -0.39 is 0 Å². The second-order valence-corrected chi connectivity index (χ2v) is 7.86. The van der Waals surface area contributed by atoms with Crippen molar-refractivity contribution in [1.29, 1.82) is 0 Å². The van der Waals surface area contributed by atoms with E-state index >= 15 is 0 Å². The van der Waals surface area contributed by atoms with Crippen LogP contribution < -0.4 is 10.6 Å². The molecule has 1 rings (SSSR count). The van der Waals surface area contributed by atoms with Gasteiger partial charge in [0, 0.05) is 10.0 Å². The Balaban J connectivity index is 2.51. The van der Waals surface area contributed by atoms with Crippen molar-refractivity contribution in [1.82, 2.24) is 15.5 Å². The van der Waals surface area contributed by atoms with Crippen LogP contribution in [-0.2, 0) is 9.59 Å². The van der Waals surface area contributed by atoms with Crippen LogP contribution in [0.3, 0.4) is 0 Å². The smallest absolute Gasteiger partial charge is 0.234 e. The number of carbonyl (C=O) groups excluding carboxylic acids is 2. The number of likely N-dealkylation sites (N-methyl/N-ethyl adjacent to an activating group) is 1. The molecular weight excluding hydrogens is 370 g/mol. The summed E-state index contributed by atoms with van der Waals surface area (Å²) in [7, 11) is 0. The number of halogens is 1. The van der Waals surface area contributed by atoms with E-state index in [-0.39, 0.29) is 36.5 Å². The molecule has 0 aliphatic rings. The van der Waals surface area contributed by atoms with Crippen molar-refractivity contribution < 1.29 is 9.59 Å². The van der Waals surface area contributed by atoms with E-state index in [9.17, 15) is 9.59 Å². The maximum Gasteiger partial charge on any atom is 0.234 e. The van der Waals surface area contributed by atoms with Crippen LogP contribution in [0.5, 0.6) is 0 Å². The molecule has 0 saturated carbocycles. The van der Waals surface area contributed by atoms with Gasteiger partial charge < -0.3 is 10.6 Å². The summed E-state index contributed by atoms with van der Waals surface area (Å²) in [6.07, 6.45) is 0. The van der Waals surface area contributed by atoms with Gasteiger partial charge >= 0.3 is 0 Å². The third-order valence-electron chi connectivity index (χ3n) is 3.44. The fourth-order valence-corrected chi connectivity index (χ4v) is 2.53. The summed E-state index contributed by atoms with van der Waals surface area (Å²) in [5.41, 5.74) is 0.773. The lowest BCUT2D eigenvalue weighted by Crippen LogP contribution is -2.48. The molecule has 1 unspecified atom stereocenters. The molecule has 134 valence electrons. The normalized spacial score (nSPS) is 12.8. The highest BCUT2D eigenvalue weighted by atomic mass is 79.9. The van der Waals surface area contributed by atoms with Crippen molar-refractivity contribution in [3.63, 3.8) is 0 Å². The van der Waals surface area contributed by atoms with Gasteiger partial charge in [-0.1, -0.05) is 35.0 Å². The minimum Gasteiger partial charge on any atom is -0.350 e. The molecule has 24 heavy (non-hydrogen) atoms. The van der Waals surface area contributed by atoms with Crippen LogP contribution in [0, 0.1) is 0 Å². The van der Waals surface area contributed by atoms with Crippen molar-refractivity contribution in [2.24, 2.45) is 0 Å². The fraction of sp³-hybridized carbons (Fsp3) is 0.556. The quantitative estimate of drug-likeness (QED) is 0.743. The Morgan fingerprint density at radius 1 is 1.12 bits per heavy atom. The Morgan fingerprint density at radius 2 is 1.67 bits per heavy atom. The molecular formula is C18H28BrN3O2. The van der Waals surface area contributed by atoms with Gasteiger partial charge in [-0.2, -0.15) is 0 Å². The van der Waals surface area contributed by atoms with Crippen LogP contribution >= 0.6 is 15.9 Å². The Labute approximate surface area is 153 Å². The van der Waals surface area contributed by atoms with E-state index in [0.29, 0.717) is 6.54 Å². The van der Waals surface area contributed by atoms with Crippen LogP contribution in [0.2, 0.25) is 0 Å². The fourth-order valence-electron chi connectivity index (χ4n) is 2.27. The number of hydrogen-bond donors (Lipinski definition) is 2. The monoisotopic (exact) mass is 397 g/mol. The van der Waals surface area contributed by atoms with Gasteiger partial charge in [-0.3, -0.25) is 14.5 Å². The summed E-state index contributed by atoms with van der Waals surface area (Å²) < 4.78 is 1.01. The first-order valence-corrected chi connectivity index (χ1v) is 8.98. The molecule has 5 nitrogen and oxygen atoms in total. The van der Waals surface area contributed by atoms with Crippen LogP contribution in [0.1, 0.15) is 46.2 Å². The molecule has 0 aliphatic heterocycles. The van der Waals surface area contributed by atoms with Crippen molar-refractivity contribution >= 4 is 27.7 Å². The highest BCUT2D eigenvalue weighted by Crippen LogP contribution is 2.16. The summed E-state index contributed by atoms with van der Waals surface area (Å²) in [5, 5.41) is 5.89. The summed E-state index contributed by atoms with van der Waals surface area (Å²) in [6.45, 7) is 10.8. The summed E-state index contributed by atoms with van der Waals surface area (Å²) in [6, 6.07) is 7.78. The predicted octanol–water partition coefficient (Wildman–Crippen LogP) is 2.86. The minimum atomic E-state index is -0.269. The first-order valence-electron chi connectivity index (χ1n) is 8.19. The Morgan fingerprint density at radius 3 is 2.17 bits per heavy atom. The molecule has 0 radical (unpaired) electrons. The molecule has 0 aromatic heterocycles. The maximum absolute atomic E-state index is 12.2. The molecule has 0 aliphatic carbocycles. The lowest BCUT2D eigenvalue weighted by atomic mass is 10.1. The van der Waals surface area contributed by atoms with Gasteiger partial charge in [-0.05, 0) is 51.9 Å². The molecule has 0 saturated heterocycles. The van der Waals surface area contributed by atoms with Gasteiger partial charge in [-0.15, -0.1) is 0 Å². The van der Waals surface area contributed by atoms with Crippen LogP contribution in [-0.4, -0.2) is 41.9 Å². The molecule has 6 heteroatoms. The van der Waals surface area contributed by atoms with Crippen molar-refractivity contribution in [2.45, 2.75) is 46.2 Å². The Kier molecular flexibility index (Phi) is 7.90. The van der Waals surface area contributed by atoms with E-state index in [1.165, 1.54) is 0 Å². The second-order valence-electron chi connectivity index (χ2n) is 6.94. The zero-order valence-corrected chi connectivity index (χ0v) is 16.7. The first-order chi connectivity index (χ1) is 11.1. The first kappa shape index (κ1) is 20.6. The Hall–Kier alpha value is -1.40. The van der Waals surface area contributed by atoms with Gasteiger partial charge in [-0.25, -0.2) is 0 Å². The summed E-state index contributed by atoms with van der Waals surface area (Å²) in [4.78, 5) is 26.1. The minimum absolute atomic E-state index is 0.0712. The van der Waals surface area contributed by atoms with E-state index in [4.69, 9.17) is 0 Å². The highest BCUT2D eigenvalue weighted by molar-refractivity contribution is 9.10. The van der Waals surface area contributed by atoms with E-state index in [1.807, 2.05) is 63.8 Å². The molecule has 2 amide bonds. The van der Waals surface area contributed by atoms with Crippen LogP contribution in [0.4, 0.5) is 0 Å². The number of hydrogen-bond acceptors (Lipinski definition) is 3. The molecule has 1 aromatic carbocycles. The molecule has 0 fully saturated rings. The van der Waals surface area contributed by atoms with E-state index in [0.717, 1.165) is 10.0 Å². The van der Waals surface area contributed by atoms with Gasteiger partial charge in [0.05, 0.1) is 19.1 Å².